The summed E-state index contributed by atoms with van der Waals surface area (Å²) < 4.78 is 11.5. The quantitative estimate of drug-likeness (QED) is 0.421. The standard InChI is InChI=1S/C27H32N2O3S/c1-27(2,3)20-13-15-24(16-14-20)32-26(33)28-21-9-8-12-25(17-21)31-19-23(30)18-29(4)22-10-6-5-7-11-22/h5-17,23,30H,18-19H2,1-4H3,(H,28,33). The minimum absolute atomic E-state index is 0.0856. The first-order chi connectivity index (χ1) is 15.7. The Morgan fingerprint density at radius 2 is 1.67 bits per heavy atom. The number of benzene rings is 3. The van der Waals surface area contributed by atoms with Crippen molar-refractivity contribution in [2.45, 2.75) is 32.3 Å². The van der Waals surface area contributed by atoms with Gasteiger partial charge >= 0.3 is 0 Å². The third kappa shape index (κ3) is 7.77. The molecule has 0 aliphatic carbocycles. The highest BCUT2D eigenvalue weighted by Gasteiger charge is 2.14. The lowest BCUT2D eigenvalue weighted by atomic mass is 9.87. The van der Waals surface area contributed by atoms with Gasteiger partial charge in [0.15, 0.2) is 0 Å². The molecule has 0 saturated heterocycles. The summed E-state index contributed by atoms with van der Waals surface area (Å²) in [6.07, 6.45) is -0.632. The number of nitrogens with one attached hydrogen (secondary N) is 1. The molecule has 0 bridgehead atoms. The number of rotatable bonds is 8. The lowest BCUT2D eigenvalue weighted by Gasteiger charge is -2.23. The Morgan fingerprint density at radius 3 is 2.33 bits per heavy atom. The molecule has 0 amide bonds. The third-order valence-corrected chi connectivity index (χ3v) is 5.32. The van der Waals surface area contributed by atoms with Crippen LogP contribution >= 0.6 is 12.2 Å². The van der Waals surface area contributed by atoms with Crippen LogP contribution in [0, 0.1) is 0 Å². The second kappa shape index (κ2) is 11.2. The molecule has 3 aromatic rings. The lowest BCUT2D eigenvalue weighted by molar-refractivity contribution is 0.113. The van der Waals surface area contributed by atoms with Crippen LogP contribution in [0.5, 0.6) is 11.5 Å². The van der Waals surface area contributed by atoms with Crippen molar-refractivity contribution in [2.24, 2.45) is 0 Å². The van der Waals surface area contributed by atoms with Crippen LogP contribution in [0.3, 0.4) is 0 Å². The van der Waals surface area contributed by atoms with E-state index in [1.165, 1.54) is 5.56 Å². The third-order valence-electron chi connectivity index (χ3n) is 5.14. The van der Waals surface area contributed by atoms with Crippen molar-refractivity contribution in [1.29, 1.82) is 0 Å². The van der Waals surface area contributed by atoms with Crippen LogP contribution in [-0.2, 0) is 5.41 Å². The summed E-state index contributed by atoms with van der Waals surface area (Å²) in [5.74, 6) is 1.32. The van der Waals surface area contributed by atoms with Crippen LogP contribution in [0.25, 0.3) is 0 Å². The number of nitrogens with zero attached hydrogens (tertiary/aromatic N) is 1. The van der Waals surface area contributed by atoms with Gasteiger partial charge in [-0.05, 0) is 59.6 Å². The zero-order valence-electron chi connectivity index (χ0n) is 19.6. The molecule has 3 aromatic carbocycles. The molecule has 0 aromatic heterocycles. The van der Waals surface area contributed by atoms with Crippen molar-refractivity contribution in [3.05, 3.63) is 84.4 Å². The van der Waals surface area contributed by atoms with Gasteiger partial charge in [0.2, 0.25) is 0 Å². The molecule has 2 N–H and O–H groups in total. The van der Waals surface area contributed by atoms with Gasteiger partial charge in [0.25, 0.3) is 5.17 Å². The molecule has 0 saturated carbocycles. The summed E-state index contributed by atoms with van der Waals surface area (Å²) in [7, 11) is 1.95. The van der Waals surface area contributed by atoms with Crippen molar-refractivity contribution >= 4 is 28.8 Å². The number of para-hydroxylation sites is 1. The Hall–Kier alpha value is -3.09. The first-order valence-corrected chi connectivity index (χ1v) is 11.4. The summed E-state index contributed by atoms with van der Waals surface area (Å²) in [6, 6.07) is 25.3. The smallest absolute Gasteiger partial charge is 0.266 e. The second-order valence-electron chi connectivity index (χ2n) is 9.00. The summed E-state index contributed by atoms with van der Waals surface area (Å²) in [5, 5.41) is 13.7. The van der Waals surface area contributed by atoms with Crippen molar-refractivity contribution < 1.29 is 14.6 Å². The van der Waals surface area contributed by atoms with Crippen LogP contribution in [0.15, 0.2) is 78.9 Å². The molecule has 0 aliphatic rings. The van der Waals surface area contributed by atoms with Gasteiger partial charge in [0, 0.05) is 31.0 Å². The van der Waals surface area contributed by atoms with Gasteiger partial charge in [-0.1, -0.05) is 57.2 Å². The maximum atomic E-state index is 10.4. The maximum Gasteiger partial charge on any atom is 0.266 e. The number of aliphatic hydroxyl groups is 1. The molecule has 6 heteroatoms. The lowest BCUT2D eigenvalue weighted by Crippen LogP contribution is -2.33. The number of likely N-dealkylation sites (N-methyl/N-ethyl adjacent to an activating group) is 1. The Morgan fingerprint density at radius 1 is 0.970 bits per heavy atom. The number of anilines is 2. The SMILES string of the molecule is CN(CC(O)COc1cccc(NC(=S)Oc2ccc(C(C)(C)C)cc2)c1)c1ccccc1. The Bertz CT molecular complexity index is 1030. The average molecular weight is 465 g/mol. The molecule has 174 valence electrons. The number of hydrogen-bond acceptors (Lipinski definition) is 5. The van der Waals surface area contributed by atoms with E-state index in [0.717, 1.165) is 11.4 Å². The Labute approximate surface area is 202 Å². The number of thiocarbonyl (C=S) groups is 1. The zero-order chi connectivity index (χ0) is 23.8. The molecular formula is C27H32N2O3S. The first-order valence-electron chi connectivity index (χ1n) is 11.0. The van der Waals surface area contributed by atoms with Crippen LogP contribution in [-0.4, -0.2) is 36.6 Å². The molecule has 0 radical (unpaired) electrons. The van der Waals surface area contributed by atoms with Gasteiger partial charge in [-0.25, -0.2) is 0 Å². The molecule has 0 fully saturated rings. The predicted octanol–water partition coefficient (Wildman–Crippen LogP) is 5.64. The van der Waals surface area contributed by atoms with Crippen LogP contribution in [0.1, 0.15) is 26.3 Å². The van der Waals surface area contributed by atoms with Gasteiger partial charge in [0.1, 0.15) is 24.2 Å². The molecule has 0 aliphatic heterocycles. The zero-order valence-corrected chi connectivity index (χ0v) is 20.4. The average Bonchev–Trinajstić information content (AvgIpc) is 2.78. The number of aliphatic hydroxyl groups excluding tert-OH is 1. The number of hydrogen-bond donors (Lipinski definition) is 2. The highest BCUT2D eigenvalue weighted by molar-refractivity contribution is 7.80. The Balaban J connectivity index is 1.49. The van der Waals surface area contributed by atoms with Gasteiger partial charge in [0.05, 0.1) is 0 Å². The van der Waals surface area contributed by atoms with Crippen molar-refractivity contribution in [3.63, 3.8) is 0 Å². The van der Waals surface area contributed by atoms with Crippen LogP contribution in [0.2, 0.25) is 0 Å². The maximum absolute atomic E-state index is 10.4. The van der Waals surface area contributed by atoms with Gasteiger partial charge < -0.3 is 24.8 Å². The summed E-state index contributed by atoms with van der Waals surface area (Å²) in [5.41, 5.74) is 3.11. The fourth-order valence-corrected chi connectivity index (χ4v) is 3.50. The Kier molecular flexibility index (Phi) is 8.31. The van der Waals surface area contributed by atoms with E-state index < -0.39 is 6.10 Å². The molecule has 1 unspecified atom stereocenters. The minimum atomic E-state index is -0.632. The number of ether oxygens (including phenoxy) is 2. The normalized spacial score (nSPS) is 12.0. The summed E-state index contributed by atoms with van der Waals surface area (Å²) in [6.45, 7) is 7.16. The monoisotopic (exact) mass is 464 g/mol. The topological polar surface area (TPSA) is 54.0 Å². The van der Waals surface area contributed by atoms with Gasteiger partial charge in [-0.2, -0.15) is 0 Å². The van der Waals surface area contributed by atoms with E-state index >= 15 is 0 Å². The fourth-order valence-electron chi connectivity index (χ4n) is 3.29. The van der Waals surface area contributed by atoms with Gasteiger partial charge in [-0.15, -0.1) is 0 Å². The summed E-state index contributed by atoms with van der Waals surface area (Å²) >= 11 is 5.35. The predicted molar refractivity (Wildman–Crippen MR) is 140 cm³/mol. The highest BCUT2D eigenvalue weighted by atomic mass is 32.1. The molecule has 1 atom stereocenters. The van der Waals surface area contributed by atoms with Crippen molar-refractivity contribution in [1.82, 2.24) is 0 Å². The summed E-state index contributed by atoms with van der Waals surface area (Å²) in [4.78, 5) is 2.00. The molecule has 0 spiro atoms. The minimum Gasteiger partial charge on any atom is -0.491 e. The van der Waals surface area contributed by atoms with E-state index in [1.807, 2.05) is 90.8 Å². The molecule has 0 heterocycles. The van der Waals surface area contributed by atoms with E-state index in [9.17, 15) is 5.11 Å². The van der Waals surface area contributed by atoms with E-state index in [-0.39, 0.29) is 17.2 Å². The van der Waals surface area contributed by atoms with E-state index in [2.05, 4.69) is 26.1 Å². The van der Waals surface area contributed by atoms with Crippen LogP contribution in [0.4, 0.5) is 11.4 Å². The largest absolute Gasteiger partial charge is 0.491 e. The van der Waals surface area contributed by atoms with Gasteiger partial charge in [-0.3, -0.25) is 0 Å². The van der Waals surface area contributed by atoms with E-state index in [1.54, 1.807) is 0 Å². The molecular weight excluding hydrogens is 432 g/mol. The van der Waals surface area contributed by atoms with Crippen LogP contribution < -0.4 is 19.7 Å². The first kappa shape index (κ1) is 24.6. The second-order valence-corrected chi connectivity index (χ2v) is 9.37. The van der Waals surface area contributed by atoms with Crippen molar-refractivity contribution in [2.75, 3.05) is 30.4 Å². The molecule has 33 heavy (non-hydrogen) atoms. The molecule has 5 nitrogen and oxygen atoms in total. The molecule has 3 rings (SSSR count). The fraction of sp³-hybridized carbons (Fsp3) is 0.296. The van der Waals surface area contributed by atoms with E-state index in [4.69, 9.17) is 21.7 Å². The van der Waals surface area contributed by atoms with Crippen molar-refractivity contribution in [3.8, 4) is 11.5 Å². The van der Waals surface area contributed by atoms with E-state index in [0.29, 0.717) is 18.0 Å². The highest BCUT2D eigenvalue weighted by Crippen LogP contribution is 2.25.